The van der Waals surface area contributed by atoms with Crippen LogP contribution in [-0.4, -0.2) is 28.9 Å². The first-order valence-corrected chi connectivity index (χ1v) is 6.94. The minimum atomic E-state index is -1.22. The molecule has 1 aromatic rings. The molecule has 9 nitrogen and oxygen atoms in total. The van der Waals surface area contributed by atoms with Crippen LogP contribution in [-0.2, 0) is 14.3 Å². The van der Waals surface area contributed by atoms with Crippen molar-refractivity contribution < 1.29 is 24.0 Å². The van der Waals surface area contributed by atoms with Crippen molar-refractivity contribution in [2.75, 3.05) is 0 Å². The second kappa shape index (κ2) is 8.42. The third-order valence-corrected chi connectivity index (χ3v) is 2.89. The van der Waals surface area contributed by atoms with Gasteiger partial charge >= 0.3 is 12.0 Å². The number of primary amides is 1. The highest BCUT2D eigenvalue weighted by atomic mass is 16.6. The average molecular weight is 335 g/mol. The molecule has 3 amide bonds. The number of nitro groups is 1. The van der Waals surface area contributed by atoms with Crippen molar-refractivity contribution in [2.45, 2.75) is 20.0 Å². The van der Waals surface area contributed by atoms with E-state index in [1.54, 1.807) is 19.9 Å². The molecule has 0 heterocycles. The summed E-state index contributed by atoms with van der Waals surface area (Å²) in [7, 11) is 0. The maximum Gasteiger partial charge on any atom is 0.331 e. The quantitative estimate of drug-likeness (QED) is 0.348. The number of benzene rings is 1. The number of nitrogens with zero attached hydrogens (tertiary/aromatic N) is 1. The number of nitrogens with two attached hydrogens (primary N) is 1. The molecule has 0 bridgehead atoms. The number of hydrogen-bond acceptors (Lipinski definition) is 6. The number of urea groups is 1. The smallest absolute Gasteiger partial charge is 0.331 e. The van der Waals surface area contributed by atoms with Crippen LogP contribution in [0.3, 0.4) is 0 Å². The number of nitro benzene ring substituents is 1. The Labute approximate surface area is 137 Å². The predicted octanol–water partition coefficient (Wildman–Crippen LogP) is 1.37. The highest BCUT2D eigenvalue weighted by Gasteiger charge is 2.26. The molecular weight excluding hydrogens is 318 g/mol. The molecule has 1 atom stereocenters. The Morgan fingerprint density at radius 1 is 1.29 bits per heavy atom. The Balaban J connectivity index is 2.85. The number of hydrogen-bond donors (Lipinski definition) is 2. The van der Waals surface area contributed by atoms with Gasteiger partial charge in [-0.05, 0) is 18.1 Å². The van der Waals surface area contributed by atoms with Crippen LogP contribution in [0.15, 0.2) is 30.3 Å². The van der Waals surface area contributed by atoms with Crippen LogP contribution < -0.4 is 11.1 Å². The summed E-state index contributed by atoms with van der Waals surface area (Å²) in [5.41, 5.74) is 4.89. The first kappa shape index (κ1) is 18.8. The minimum absolute atomic E-state index is 0.173. The lowest BCUT2D eigenvalue weighted by Crippen LogP contribution is -2.45. The maximum absolute atomic E-state index is 11.8. The number of amides is 3. The lowest BCUT2D eigenvalue weighted by atomic mass is 10.1. The summed E-state index contributed by atoms with van der Waals surface area (Å²) in [4.78, 5) is 44.6. The largest absolute Gasteiger partial charge is 0.449 e. The molecule has 0 spiro atoms. The van der Waals surface area contributed by atoms with E-state index in [9.17, 15) is 24.5 Å². The van der Waals surface area contributed by atoms with Crippen molar-refractivity contribution in [3.8, 4) is 0 Å². The van der Waals surface area contributed by atoms with E-state index in [0.717, 1.165) is 6.08 Å². The van der Waals surface area contributed by atoms with Gasteiger partial charge in [0.25, 0.3) is 11.6 Å². The lowest BCUT2D eigenvalue weighted by Gasteiger charge is -2.18. The molecule has 128 valence electrons. The Hall–Kier alpha value is -3.23. The van der Waals surface area contributed by atoms with Gasteiger partial charge in [0.2, 0.25) is 0 Å². The van der Waals surface area contributed by atoms with Crippen LogP contribution in [0.1, 0.15) is 19.4 Å². The van der Waals surface area contributed by atoms with Gasteiger partial charge in [-0.1, -0.05) is 26.0 Å². The third kappa shape index (κ3) is 5.52. The summed E-state index contributed by atoms with van der Waals surface area (Å²) in [6, 6.07) is 4.77. The number of carbonyl (C=O) groups excluding carboxylic acids is 3. The average Bonchev–Trinajstić information content (AvgIpc) is 2.49. The molecule has 0 saturated carbocycles. The van der Waals surface area contributed by atoms with Crippen LogP contribution >= 0.6 is 0 Å². The number of carbonyl (C=O) groups is 3. The molecule has 0 radical (unpaired) electrons. The molecular formula is C15H17N3O6. The van der Waals surface area contributed by atoms with Gasteiger partial charge in [-0.25, -0.2) is 9.59 Å². The van der Waals surface area contributed by atoms with Gasteiger partial charge in [0, 0.05) is 12.1 Å². The van der Waals surface area contributed by atoms with Gasteiger partial charge < -0.3 is 10.5 Å². The van der Waals surface area contributed by atoms with Gasteiger partial charge in [-0.15, -0.1) is 0 Å². The second-order valence-electron chi connectivity index (χ2n) is 5.10. The molecule has 0 unspecified atom stereocenters. The summed E-state index contributed by atoms with van der Waals surface area (Å²) >= 11 is 0. The number of nitrogens with one attached hydrogen (secondary N) is 1. The van der Waals surface area contributed by atoms with E-state index in [1.165, 1.54) is 24.3 Å². The topological polar surface area (TPSA) is 142 Å². The zero-order valence-corrected chi connectivity index (χ0v) is 13.1. The Kier molecular flexibility index (Phi) is 6.60. The normalized spacial score (nSPS) is 12.0. The van der Waals surface area contributed by atoms with Crippen molar-refractivity contribution in [3.63, 3.8) is 0 Å². The van der Waals surface area contributed by atoms with Gasteiger partial charge in [-0.3, -0.25) is 20.2 Å². The van der Waals surface area contributed by atoms with E-state index in [1.807, 2.05) is 5.32 Å². The summed E-state index contributed by atoms with van der Waals surface area (Å²) in [5, 5.41) is 12.7. The van der Waals surface area contributed by atoms with Crippen molar-refractivity contribution in [3.05, 3.63) is 46.0 Å². The van der Waals surface area contributed by atoms with E-state index in [-0.39, 0.29) is 11.3 Å². The summed E-state index contributed by atoms with van der Waals surface area (Å²) in [5.74, 6) is -2.14. The van der Waals surface area contributed by atoms with Crippen LogP contribution in [0.5, 0.6) is 0 Å². The van der Waals surface area contributed by atoms with Gasteiger partial charge in [0.05, 0.1) is 10.5 Å². The van der Waals surface area contributed by atoms with E-state index in [4.69, 9.17) is 10.5 Å². The van der Waals surface area contributed by atoms with Crippen LogP contribution in [0.2, 0.25) is 0 Å². The van der Waals surface area contributed by atoms with Gasteiger partial charge in [0.1, 0.15) is 0 Å². The molecule has 1 aromatic carbocycles. The van der Waals surface area contributed by atoms with Crippen LogP contribution in [0, 0.1) is 16.0 Å². The number of esters is 1. The molecule has 24 heavy (non-hydrogen) atoms. The van der Waals surface area contributed by atoms with Crippen LogP contribution in [0.25, 0.3) is 6.08 Å². The summed E-state index contributed by atoms with van der Waals surface area (Å²) in [6.45, 7) is 3.23. The summed E-state index contributed by atoms with van der Waals surface area (Å²) in [6.07, 6.45) is 0.958. The monoisotopic (exact) mass is 335 g/mol. The molecule has 0 aliphatic rings. The number of para-hydroxylation sites is 1. The molecule has 0 fully saturated rings. The Morgan fingerprint density at radius 3 is 2.46 bits per heavy atom. The van der Waals surface area contributed by atoms with E-state index < -0.39 is 34.9 Å². The first-order chi connectivity index (χ1) is 11.2. The Bertz CT molecular complexity index is 684. The standard InChI is InChI=1S/C15H17N3O6/c1-9(2)13(14(20)17-15(16)21)24-12(19)8-7-10-5-3-4-6-11(10)18(22)23/h3-9,13H,1-2H3,(H3,16,17,20,21)/b8-7+/t13-/m0/s1. The third-order valence-electron chi connectivity index (χ3n) is 2.89. The number of rotatable bonds is 6. The molecule has 0 saturated heterocycles. The SMILES string of the molecule is CC(C)[C@H](OC(=O)/C=C/c1ccccc1[N+](=O)[O-])C(=O)NC(N)=O. The zero-order chi connectivity index (χ0) is 18.3. The molecule has 0 aromatic heterocycles. The number of imide groups is 1. The fraction of sp³-hybridized carbons (Fsp3) is 0.267. The van der Waals surface area contributed by atoms with Crippen molar-refractivity contribution in [1.82, 2.24) is 5.32 Å². The lowest BCUT2D eigenvalue weighted by molar-refractivity contribution is -0.385. The molecule has 0 aliphatic heterocycles. The van der Waals surface area contributed by atoms with E-state index in [2.05, 4.69) is 0 Å². The highest BCUT2D eigenvalue weighted by molar-refractivity contribution is 5.97. The predicted molar refractivity (Wildman–Crippen MR) is 84.6 cm³/mol. The molecule has 0 aliphatic carbocycles. The van der Waals surface area contributed by atoms with Gasteiger partial charge in [-0.2, -0.15) is 0 Å². The van der Waals surface area contributed by atoms with Crippen molar-refractivity contribution in [2.24, 2.45) is 11.7 Å². The molecule has 3 N–H and O–H groups in total. The van der Waals surface area contributed by atoms with Gasteiger partial charge in [0.15, 0.2) is 6.10 Å². The maximum atomic E-state index is 11.8. The highest BCUT2D eigenvalue weighted by Crippen LogP contribution is 2.19. The molecule has 1 rings (SSSR count). The zero-order valence-electron chi connectivity index (χ0n) is 13.1. The number of ether oxygens (including phenoxy) is 1. The van der Waals surface area contributed by atoms with Crippen LogP contribution in [0.4, 0.5) is 10.5 Å². The second-order valence-corrected chi connectivity index (χ2v) is 5.10. The Morgan fingerprint density at radius 2 is 1.92 bits per heavy atom. The summed E-state index contributed by atoms with van der Waals surface area (Å²) < 4.78 is 4.98. The fourth-order valence-electron chi connectivity index (χ4n) is 1.80. The van der Waals surface area contributed by atoms with E-state index in [0.29, 0.717) is 0 Å². The van der Waals surface area contributed by atoms with E-state index >= 15 is 0 Å². The molecule has 9 heteroatoms. The first-order valence-electron chi connectivity index (χ1n) is 6.94. The van der Waals surface area contributed by atoms with Crippen molar-refractivity contribution >= 4 is 29.7 Å². The van der Waals surface area contributed by atoms with Crippen molar-refractivity contribution in [1.29, 1.82) is 0 Å². The minimum Gasteiger partial charge on any atom is -0.449 e. The fourth-order valence-corrected chi connectivity index (χ4v) is 1.80.